The summed E-state index contributed by atoms with van der Waals surface area (Å²) in [5.74, 6) is 1.17. The van der Waals surface area contributed by atoms with E-state index in [2.05, 4.69) is 20.6 Å². The van der Waals surface area contributed by atoms with Gasteiger partial charge in [0.1, 0.15) is 17.8 Å². The van der Waals surface area contributed by atoms with Crippen molar-refractivity contribution in [1.82, 2.24) is 9.97 Å². The van der Waals surface area contributed by atoms with Gasteiger partial charge in [0.15, 0.2) is 0 Å². The molecule has 150 valence electrons. The fourth-order valence-electron chi connectivity index (χ4n) is 2.86. The highest BCUT2D eigenvalue weighted by Crippen LogP contribution is 2.37. The number of hydrogen-bond donors (Lipinski definition) is 2. The van der Waals surface area contributed by atoms with E-state index in [-0.39, 0.29) is 17.3 Å². The standard InChI is InChI=1S/C20H21N5O4/c1-12-5-7-15(13(2)9-12)23-19-18(25(26)27)20(22-11-21-19)24-16-10-14(28-3)6-8-17(16)29-4/h5-11H,1-4H3,(H2,21,22,23,24). The molecule has 1 aromatic heterocycles. The van der Waals surface area contributed by atoms with Crippen LogP contribution in [-0.4, -0.2) is 29.1 Å². The summed E-state index contributed by atoms with van der Waals surface area (Å²) in [6.45, 7) is 3.90. The van der Waals surface area contributed by atoms with Gasteiger partial charge in [-0.3, -0.25) is 10.1 Å². The molecule has 0 aliphatic heterocycles. The van der Waals surface area contributed by atoms with Crippen molar-refractivity contribution >= 4 is 28.7 Å². The molecule has 9 nitrogen and oxygen atoms in total. The van der Waals surface area contributed by atoms with Crippen molar-refractivity contribution in [2.45, 2.75) is 13.8 Å². The number of nitrogens with zero attached hydrogens (tertiary/aromatic N) is 3. The Morgan fingerprint density at radius 3 is 2.21 bits per heavy atom. The molecule has 2 N–H and O–H groups in total. The van der Waals surface area contributed by atoms with Gasteiger partial charge in [0, 0.05) is 11.8 Å². The zero-order valence-corrected chi connectivity index (χ0v) is 16.5. The van der Waals surface area contributed by atoms with Crippen LogP contribution in [0.2, 0.25) is 0 Å². The molecule has 0 spiro atoms. The van der Waals surface area contributed by atoms with Crippen LogP contribution in [-0.2, 0) is 0 Å². The lowest BCUT2D eigenvalue weighted by Gasteiger charge is -2.14. The van der Waals surface area contributed by atoms with Gasteiger partial charge in [-0.1, -0.05) is 17.7 Å². The van der Waals surface area contributed by atoms with Crippen LogP contribution in [0.1, 0.15) is 11.1 Å². The van der Waals surface area contributed by atoms with E-state index in [4.69, 9.17) is 9.47 Å². The molecular formula is C20H21N5O4. The maximum atomic E-state index is 11.8. The quantitative estimate of drug-likeness (QED) is 0.444. The Labute approximate surface area is 167 Å². The minimum atomic E-state index is -0.527. The largest absolute Gasteiger partial charge is 0.497 e. The smallest absolute Gasteiger partial charge is 0.353 e. The lowest BCUT2D eigenvalue weighted by molar-refractivity contribution is -0.383. The summed E-state index contributed by atoms with van der Waals surface area (Å²) < 4.78 is 10.5. The van der Waals surface area contributed by atoms with Crippen LogP contribution in [0.4, 0.5) is 28.7 Å². The number of nitrogens with one attached hydrogen (secondary N) is 2. The molecule has 0 fully saturated rings. The van der Waals surface area contributed by atoms with E-state index >= 15 is 0 Å². The van der Waals surface area contributed by atoms with E-state index in [0.717, 1.165) is 16.8 Å². The third-order valence-electron chi connectivity index (χ3n) is 4.30. The van der Waals surface area contributed by atoms with E-state index < -0.39 is 4.92 Å². The zero-order chi connectivity index (χ0) is 21.0. The first-order chi connectivity index (χ1) is 13.9. The highest BCUT2D eigenvalue weighted by molar-refractivity contribution is 5.79. The average Bonchev–Trinajstić information content (AvgIpc) is 2.70. The molecule has 1 heterocycles. The SMILES string of the molecule is COc1ccc(OC)c(Nc2ncnc(Nc3ccc(C)cc3C)c2[N+](=O)[O-])c1. The third kappa shape index (κ3) is 4.34. The lowest BCUT2D eigenvalue weighted by Crippen LogP contribution is -2.06. The number of aromatic nitrogens is 2. The maximum Gasteiger partial charge on any atom is 0.353 e. The number of methoxy groups -OCH3 is 2. The van der Waals surface area contributed by atoms with E-state index in [9.17, 15) is 10.1 Å². The van der Waals surface area contributed by atoms with Crippen molar-refractivity contribution in [2.24, 2.45) is 0 Å². The molecule has 0 aliphatic rings. The van der Waals surface area contributed by atoms with Crippen LogP contribution in [0.15, 0.2) is 42.7 Å². The maximum absolute atomic E-state index is 11.8. The lowest BCUT2D eigenvalue weighted by atomic mass is 10.1. The van der Waals surface area contributed by atoms with E-state index in [0.29, 0.717) is 17.2 Å². The Balaban J connectivity index is 2.03. The molecule has 0 atom stereocenters. The molecule has 0 radical (unpaired) electrons. The molecule has 0 bridgehead atoms. The van der Waals surface area contributed by atoms with Gasteiger partial charge in [0.05, 0.1) is 24.8 Å². The third-order valence-corrected chi connectivity index (χ3v) is 4.30. The summed E-state index contributed by atoms with van der Waals surface area (Å²) in [6.07, 6.45) is 1.26. The molecular weight excluding hydrogens is 374 g/mol. The topological polar surface area (TPSA) is 111 Å². The number of anilines is 4. The number of nitro groups is 1. The number of hydrogen-bond acceptors (Lipinski definition) is 8. The second kappa shape index (κ2) is 8.42. The summed E-state index contributed by atoms with van der Waals surface area (Å²) in [7, 11) is 3.04. The predicted molar refractivity (Wildman–Crippen MR) is 111 cm³/mol. The summed E-state index contributed by atoms with van der Waals surface area (Å²) in [4.78, 5) is 19.4. The molecule has 2 aromatic carbocycles. The molecule has 29 heavy (non-hydrogen) atoms. The van der Waals surface area contributed by atoms with Crippen LogP contribution < -0.4 is 20.1 Å². The number of benzene rings is 2. The average molecular weight is 395 g/mol. The second-order valence-electron chi connectivity index (χ2n) is 6.31. The molecule has 3 aromatic rings. The monoisotopic (exact) mass is 395 g/mol. The number of ether oxygens (including phenoxy) is 2. The van der Waals surface area contributed by atoms with Crippen LogP contribution in [0.5, 0.6) is 11.5 Å². The first kappa shape index (κ1) is 19.9. The van der Waals surface area contributed by atoms with Crippen molar-refractivity contribution in [1.29, 1.82) is 0 Å². The second-order valence-corrected chi connectivity index (χ2v) is 6.31. The van der Waals surface area contributed by atoms with Crippen molar-refractivity contribution in [3.8, 4) is 11.5 Å². The first-order valence-electron chi connectivity index (χ1n) is 8.75. The molecule has 0 aliphatic carbocycles. The Hall–Kier alpha value is -3.88. The molecule has 9 heteroatoms. The molecule has 0 unspecified atom stereocenters. The molecule has 0 amide bonds. The Bertz CT molecular complexity index is 1060. The summed E-state index contributed by atoms with van der Waals surface area (Å²) in [5.41, 5.74) is 2.96. The normalized spacial score (nSPS) is 10.3. The number of aryl methyl sites for hydroxylation is 2. The molecule has 3 rings (SSSR count). The van der Waals surface area contributed by atoms with Crippen LogP contribution >= 0.6 is 0 Å². The highest BCUT2D eigenvalue weighted by Gasteiger charge is 2.24. The van der Waals surface area contributed by atoms with E-state index in [1.165, 1.54) is 20.5 Å². The van der Waals surface area contributed by atoms with Crippen molar-refractivity contribution in [2.75, 3.05) is 24.9 Å². The Morgan fingerprint density at radius 1 is 0.931 bits per heavy atom. The van der Waals surface area contributed by atoms with E-state index in [1.807, 2.05) is 32.0 Å². The van der Waals surface area contributed by atoms with Crippen molar-refractivity contribution < 1.29 is 14.4 Å². The first-order valence-corrected chi connectivity index (χ1v) is 8.75. The summed E-state index contributed by atoms with van der Waals surface area (Å²) >= 11 is 0. The summed E-state index contributed by atoms with van der Waals surface area (Å²) in [6, 6.07) is 10.9. The van der Waals surface area contributed by atoms with Crippen LogP contribution in [0.3, 0.4) is 0 Å². The van der Waals surface area contributed by atoms with Crippen LogP contribution in [0, 0.1) is 24.0 Å². The van der Waals surface area contributed by atoms with Gasteiger partial charge in [0.2, 0.25) is 11.6 Å². The van der Waals surface area contributed by atoms with Gasteiger partial charge >= 0.3 is 5.69 Å². The van der Waals surface area contributed by atoms with Crippen molar-refractivity contribution in [3.63, 3.8) is 0 Å². The highest BCUT2D eigenvalue weighted by atomic mass is 16.6. The van der Waals surface area contributed by atoms with E-state index in [1.54, 1.807) is 18.2 Å². The predicted octanol–water partition coefficient (Wildman–Crippen LogP) is 4.51. The van der Waals surface area contributed by atoms with Gasteiger partial charge in [0.25, 0.3) is 0 Å². The minimum absolute atomic E-state index is 0.0313. The molecule has 0 saturated heterocycles. The van der Waals surface area contributed by atoms with Gasteiger partial charge in [-0.05, 0) is 37.6 Å². The summed E-state index contributed by atoms with van der Waals surface area (Å²) in [5, 5.41) is 17.8. The molecule has 0 saturated carbocycles. The van der Waals surface area contributed by atoms with Gasteiger partial charge in [-0.2, -0.15) is 0 Å². The Kier molecular flexibility index (Phi) is 5.77. The van der Waals surface area contributed by atoms with Gasteiger partial charge in [-0.25, -0.2) is 9.97 Å². The van der Waals surface area contributed by atoms with Crippen LogP contribution in [0.25, 0.3) is 0 Å². The zero-order valence-electron chi connectivity index (χ0n) is 16.5. The minimum Gasteiger partial charge on any atom is -0.497 e. The fourth-order valence-corrected chi connectivity index (χ4v) is 2.86. The van der Waals surface area contributed by atoms with Gasteiger partial charge < -0.3 is 20.1 Å². The fraction of sp³-hybridized carbons (Fsp3) is 0.200. The Morgan fingerprint density at radius 2 is 1.62 bits per heavy atom. The van der Waals surface area contributed by atoms with Gasteiger partial charge in [-0.15, -0.1) is 0 Å². The number of rotatable bonds is 7. The van der Waals surface area contributed by atoms with Crippen molar-refractivity contribution in [3.05, 3.63) is 64.0 Å².